The Morgan fingerprint density at radius 3 is 2.67 bits per heavy atom. The number of hydrogen-bond acceptors (Lipinski definition) is 5. The second-order valence-electron chi connectivity index (χ2n) is 9.84. The fourth-order valence-electron chi connectivity index (χ4n) is 5.67. The highest BCUT2D eigenvalue weighted by Gasteiger charge is 2.35. The molecule has 0 saturated carbocycles. The van der Waals surface area contributed by atoms with Gasteiger partial charge in [0.25, 0.3) is 5.56 Å². The monoisotopic (exact) mass is 407 g/mol. The van der Waals surface area contributed by atoms with Gasteiger partial charge in [-0.15, -0.1) is 0 Å². The maximum Gasteiger partial charge on any atom is 0.251 e. The highest BCUT2D eigenvalue weighted by molar-refractivity contribution is 5.63. The van der Waals surface area contributed by atoms with Crippen molar-refractivity contribution < 1.29 is 0 Å². The van der Waals surface area contributed by atoms with Crippen molar-refractivity contribution in [2.75, 3.05) is 37.6 Å². The SMILES string of the molecule is CC(C)CN1C[C@@H]2C[C@H](C1)c1cc(-c3cc(N4CCCCC4)ncn3)cc(=O)n1C2. The largest absolute Gasteiger partial charge is 0.357 e. The molecule has 0 amide bonds. The average Bonchev–Trinajstić information content (AvgIpc) is 2.74. The molecule has 6 nitrogen and oxygen atoms in total. The fourth-order valence-corrected chi connectivity index (χ4v) is 5.67. The highest BCUT2D eigenvalue weighted by Crippen LogP contribution is 2.36. The van der Waals surface area contributed by atoms with Crippen LogP contribution in [0.15, 0.2) is 29.3 Å². The van der Waals surface area contributed by atoms with Gasteiger partial charge in [0.15, 0.2) is 0 Å². The van der Waals surface area contributed by atoms with Gasteiger partial charge in [-0.3, -0.25) is 4.79 Å². The van der Waals surface area contributed by atoms with Gasteiger partial charge in [0, 0.05) is 68.6 Å². The lowest BCUT2D eigenvalue weighted by atomic mass is 9.82. The van der Waals surface area contributed by atoms with E-state index in [-0.39, 0.29) is 5.56 Å². The zero-order chi connectivity index (χ0) is 20.7. The Kier molecular flexibility index (Phi) is 5.35. The first-order chi connectivity index (χ1) is 14.6. The van der Waals surface area contributed by atoms with Crippen molar-refractivity contribution in [3.8, 4) is 11.3 Å². The molecule has 3 aliphatic heterocycles. The first-order valence-corrected chi connectivity index (χ1v) is 11.6. The van der Waals surface area contributed by atoms with E-state index in [0.717, 1.165) is 56.3 Å². The minimum atomic E-state index is 0.118. The molecule has 3 aliphatic rings. The molecule has 2 bridgehead atoms. The van der Waals surface area contributed by atoms with Gasteiger partial charge in [-0.25, -0.2) is 9.97 Å². The van der Waals surface area contributed by atoms with Crippen molar-refractivity contribution >= 4 is 5.82 Å². The van der Waals surface area contributed by atoms with Crippen LogP contribution in [0.25, 0.3) is 11.3 Å². The van der Waals surface area contributed by atoms with Gasteiger partial charge < -0.3 is 14.4 Å². The molecule has 2 fully saturated rings. The van der Waals surface area contributed by atoms with Gasteiger partial charge in [0.2, 0.25) is 0 Å². The van der Waals surface area contributed by atoms with Gasteiger partial charge in [-0.05, 0) is 43.6 Å². The molecule has 2 atom stereocenters. The van der Waals surface area contributed by atoms with Crippen LogP contribution >= 0.6 is 0 Å². The van der Waals surface area contributed by atoms with E-state index in [1.807, 2.05) is 4.57 Å². The maximum absolute atomic E-state index is 13.0. The Bertz CT molecular complexity index is 962. The molecule has 2 aromatic heterocycles. The van der Waals surface area contributed by atoms with Crippen LogP contribution in [0.3, 0.4) is 0 Å². The molecule has 0 aromatic carbocycles. The van der Waals surface area contributed by atoms with Crippen molar-refractivity contribution in [3.05, 3.63) is 40.6 Å². The molecule has 2 aromatic rings. The maximum atomic E-state index is 13.0. The van der Waals surface area contributed by atoms with E-state index < -0.39 is 0 Å². The summed E-state index contributed by atoms with van der Waals surface area (Å²) in [5, 5.41) is 0. The lowest BCUT2D eigenvalue weighted by molar-refractivity contribution is 0.109. The Hall–Kier alpha value is -2.21. The van der Waals surface area contributed by atoms with Gasteiger partial charge in [0.05, 0.1) is 5.69 Å². The van der Waals surface area contributed by atoms with Crippen LogP contribution in [0.2, 0.25) is 0 Å². The molecule has 160 valence electrons. The van der Waals surface area contributed by atoms with E-state index in [1.54, 1.807) is 12.4 Å². The van der Waals surface area contributed by atoms with Gasteiger partial charge in [0.1, 0.15) is 12.1 Å². The average molecular weight is 408 g/mol. The van der Waals surface area contributed by atoms with Crippen molar-refractivity contribution in [1.82, 2.24) is 19.4 Å². The van der Waals surface area contributed by atoms with Gasteiger partial charge in [-0.2, -0.15) is 0 Å². The van der Waals surface area contributed by atoms with E-state index >= 15 is 0 Å². The summed E-state index contributed by atoms with van der Waals surface area (Å²) in [5.41, 5.74) is 3.11. The number of rotatable bonds is 4. The Morgan fingerprint density at radius 2 is 1.87 bits per heavy atom. The Labute approximate surface area is 178 Å². The van der Waals surface area contributed by atoms with Crippen LogP contribution in [-0.2, 0) is 6.54 Å². The van der Waals surface area contributed by atoms with E-state index in [4.69, 9.17) is 0 Å². The van der Waals surface area contributed by atoms with E-state index in [0.29, 0.717) is 17.8 Å². The first kappa shape index (κ1) is 19.7. The van der Waals surface area contributed by atoms with Crippen molar-refractivity contribution in [2.45, 2.75) is 52.0 Å². The summed E-state index contributed by atoms with van der Waals surface area (Å²) in [5.74, 6) is 2.68. The van der Waals surface area contributed by atoms with Crippen LogP contribution < -0.4 is 10.5 Å². The molecule has 2 saturated heterocycles. The fraction of sp³-hybridized carbons (Fsp3) is 0.625. The highest BCUT2D eigenvalue weighted by atomic mass is 16.1. The number of anilines is 1. The predicted octanol–water partition coefficient (Wildman–Crippen LogP) is 3.37. The number of fused-ring (bicyclic) bond motifs is 4. The number of piperidine rings is 2. The Morgan fingerprint density at radius 1 is 1.03 bits per heavy atom. The van der Waals surface area contributed by atoms with Crippen LogP contribution in [0.1, 0.15) is 51.1 Å². The Balaban J connectivity index is 1.46. The third kappa shape index (κ3) is 3.89. The smallest absolute Gasteiger partial charge is 0.251 e. The predicted molar refractivity (Wildman–Crippen MR) is 120 cm³/mol. The van der Waals surface area contributed by atoms with Crippen molar-refractivity contribution in [1.29, 1.82) is 0 Å². The topological polar surface area (TPSA) is 54.3 Å². The summed E-state index contributed by atoms with van der Waals surface area (Å²) < 4.78 is 2.03. The third-order valence-electron chi connectivity index (χ3n) is 6.88. The third-order valence-corrected chi connectivity index (χ3v) is 6.88. The van der Waals surface area contributed by atoms with Crippen molar-refractivity contribution in [2.24, 2.45) is 11.8 Å². The number of likely N-dealkylation sites (tertiary alicyclic amines) is 1. The number of aromatic nitrogens is 3. The number of nitrogens with zero attached hydrogens (tertiary/aromatic N) is 5. The van der Waals surface area contributed by atoms with Gasteiger partial charge in [-0.1, -0.05) is 13.8 Å². The van der Waals surface area contributed by atoms with Gasteiger partial charge >= 0.3 is 0 Å². The second kappa shape index (κ2) is 8.14. The number of hydrogen-bond donors (Lipinski definition) is 0. The molecular weight excluding hydrogens is 374 g/mol. The zero-order valence-electron chi connectivity index (χ0n) is 18.3. The summed E-state index contributed by atoms with van der Waals surface area (Å²) in [6.07, 6.45) is 6.58. The summed E-state index contributed by atoms with van der Waals surface area (Å²) in [4.78, 5) is 27.0. The van der Waals surface area contributed by atoms with Crippen molar-refractivity contribution in [3.63, 3.8) is 0 Å². The molecule has 5 rings (SSSR count). The molecule has 0 aliphatic carbocycles. The van der Waals surface area contributed by atoms with E-state index in [2.05, 4.69) is 45.7 Å². The van der Waals surface area contributed by atoms with Crippen LogP contribution in [-0.4, -0.2) is 52.2 Å². The lowest BCUT2D eigenvalue weighted by Gasteiger charge is -2.43. The standard InChI is InChI=1S/C24H33N5O/c1-17(2)12-27-13-18-8-20(15-27)22-9-19(10-24(30)29(22)14-18)21-11-23(26-16-25-21)28-6-4-3-5-7-28/h9-11,16-18,20H,3-8,12-15H2,1-2H3/t18-,20+/m0/s1. The zero-order valence-corrected chi connectivity index (χ0v) is 18.3. The first-order valence-electron chi connectivity index (χ1n) is 11.6. The summed E-state index contributed by atoms with van der Waals surface area (Å²) >= 11 is 0. The summed E-state index contributed by atoms with van der Waals surface area (Å²) in [6.45, 7) is 10.8. The molecule has 0 unspecified atom stereocenters. The quantitative estimate of drug-likeness (QED) is 0.778. The molecule has 0 spiro atoms. The molecule has 30 heavy (non-hydrogen) atoms. The molecular formula is C24H33N5O. The summed E-state index contributed by atoms with van der Waals surface area (Å²) in [6, 6.07) is 6.07. The summed E-state index contributed by atoms with van der Waals surface area (Å²) in [7, 11) is 0. The molecule has 0 N–H and O–H groups in total. The molecule has 6 heteroatoms. The normalized spacial score (nSPS) is 24.2. The van der Waals surface area contributed by atoms with E-state index in [9.17, 15) is 4.79 Å². The lowest BCUT2D eigenvalue weighted by Crippen LogP contribution is -2.48. The van der Waals surface area contributed by atoms with Crippen LogP contribution in [0.4, 0.5) is 5.82 Å². The minimum absolute atomic E-state index is 0.118. The van der Waals surface area contributed by atoms with Crippen LogP contribution in [0.5, 0.6) is 0 Å². The van der Waals surface area contributed by atoms with E-state index in [1.165, 1.54) is 31.4 Å². The minimum Gasteiger partial charge on any atom is -0.357 e. The molecule has 5 heterocycles. The number of pyridine rings is 1. The van der Waals surface area contributed by atoms with Crippen LogP contribution in [0, 0.1) is 11.8 Å². The second-order valence-corrected chi connectivity index (χ2v) is 9.84. The molecule has 0 radical (unpaired) electrons.